The van der Waals surface area contributed by atoms with E-state index < -0.39 is 0 Å². The number of hydrogen-bond donors (Lipinski definition) is 0. The number of aromatic nitrogens is 2. The highest BCUT2D eigenvalue weighted by molar-refractivity contribution is 7.20. The summed E-state index contributed by atoms with van der Waals surface area (Å²) in [5.41, 5.74) is 1.57. The largest absolute Gasteiger partial charge is 0.368 e. The summed E-state index contributed by atoms with van der Waals surface area (Å²) in [5, 5.41) is 0.447. The Hall–Kier alpha value is -3.20. The predicted molar refractivity (Wildman–Crippen MR) is 138 cm³/mol. The van der Waals surface area contributed by atoms with Gasteiger partial charge in [-0.15, -0.1) is 11.3 Å². The normalized spacial score (nSPS) is 18.8. The highest BCUT2D eigenvalue weighted by Crippen LogP contribution is 2.29. The number of carbonyl (C=O) groups is 2. The lowest BCUT2D eigenvalue weighted by Gasteiger charge is -2.36. The maximum absolute atomic E-state index is 13.4. The summed E-state index contributed by atoms with van der Waals surface area (Å²) in [7, 11) is 0. The zero-order valence-electron chi connectivity index (χ0n) is 20.3. The second-order valence-corrected chi connectivity index (χ2v) is 10.5. The van der Waals surface area contributed by atoms with E-state index in [1.807, 2.05) is 34.9 Å². The van der Waals surface area contributed by atoms with Crippen molar-refractivity contribution in [1.82, 2.24) is 19.4 Å². The number of piperidine rings is 1. The molecule has 2 aromatic heterocycles. The van der Waals surface area contributed by atoms with Gasteiger partial charge in [-0.1, -0.05) is 18.2 Å². The van der Waals surface area contributed by atoms with Crippen molar-refractivity contribution in [3.05, 3.63) is 57.5 Å². The number of thiophene rings is 1. The summed E-state index contributed by atoms with van der Waals surface area (Å²) in [6.45, 7) is 7.37. The quantitative estimate of drug-likeness (QED) is 0.558. The molecule has 2 fully saturated rings. The second kappa shape index (κ2) is 9.81. The molecule has 0 radical (unpaired) electrons. The van der Waals surface area contributed by atoms with Gasteiger partial charge in [-0.2, -0.15) is 0 Å². The SMILES string of the molecule is Cc1c(C(=O)N2CCN(c3ccccc3)CC2)sc2ncn(CC(=O)N3CCCCC3C)c(=O)c12. The molecule has 2 saturated heterocycles. The van der Waals surface area contributed by atoms with Gasteiger partial charge < -0.3 is 14.7 Å². The fourth-order valence-electron chi connectivity index (χ4n) is 5.13. The number of aryl methyl sites for hydroxylation is 1. The number of nitrogens with zero attached hydrogens (tertiary/aromatic N) is 5. The first kappa shape index (κ1) is 23.5. The van der Waals surface area contributed by atoms with Gasteiger partial charge in [0.1, 0.15) is 11.4 Å². The maximum atomic E-state index is 13.4. The van der Waals surface area contributed by atoms with Crippen molar-refractivity contribution < 1.29 is 9.59 Å². The van der Waals surface area contributed by atoms with Crippen LogP contribution in [0.5, 0.6) is 0 Å². The van der Waals surface area contributed by atoms with Crippen LogP contribution in [-0.2, 0) is 11.3 Å². The molecule has 0 saturated carbocycles. The van der Waals surface area contributed by atoms with E-state index in [0.29, 0.717) is 33.7 Å². The van der Waals surface area contributed by atoms with E-state index in [9.17, 15) is 14.4 Å². The predicted octanol–water partition coefficient (Wildman–Crippen LogP) is 3.13. The van der Waals surface area contributed by atoms with Gasteiger partial charge >= 0.3 is 0 Å². The van der Waals surface area contributed by atoms with Crippen LogP contribution in [0.2, 0.25) is 0 Å². The lowest BCUT2D eigenvalue weighted by atomic mass is 10.0. The Morgan fingerprint density at radius 2 is 1.80 bits per heavy atom. The van der Waals surface area contributed by atoms with Crippen LogP contribution in [0.1, 0.15) is 41.4 Å². The van der Waals surface area contributed by atoms with Gasteiger partial charge in [0.05, 0.1) is 16.6 Å². The minimum absolute atomic E-state index is 0.0217. The monoisotopic (exact) mass is 493 g/mol. The molecule has 9 heteroatoms. The molecule has 0 aliphatic carbocycles. The van der Waals surface area contributed by atoms with Crippen molar-refractivity contribution in [2.75, 3.05) is 37.6 Å². The maximum Gasteiger partial charge on any atom is 0.264 e. The van der Waals surface area contributed by atoms with Gasteiger partial charge in [-0.25, -0.2) is 4.98 Å². The minimum atomic E-state index is -0.255. The molecular formula is C26H31N5O3S. The first-order chi connectivity index (χ1) is 16.9. The minimum Gasteiger partial charge on any atom is -0.368 e. The van der Waals surface area contributed by atoms with E-state index in [0.717, 1.165) is 44.6 Å². The Balaban J connectivity index is 1.33. The van der Waals surface area contributed by atoms with Crippen LogP contribution in [0.25, 0.3) is 10.2 Å². The first-order valence-electron chi connectivity index (χ1n) is 12.3. The van der Waals surface area contributed by atoms with Crippen LogP contribution in [0.4, 0.5) is 5.69 Å². The Morgan fingerprint density at radius 3 is 2.51 bits per heavy atom. The standard InChI is InChI=1S/C26H31N5O3S/c1-18-8-6-7-11-31(18)21(32)16-30-17-27-24-22(25(30)33)19(2)23(35-24)26(34)29-14-12-28(13-15-29)20-9-4-3-5-10-20/h3-5,9-10,17-18H,6-8,11-16H2,1-2H3. The molecule has 5 rings (SSSR count). The second-order valence-electron chi connectivity index (χ2n) is 9.46. The van der Waals surface area contributed by atoms with E-state index in [4.69, 9.17) is 0 Å². The third-order valence-electron chi connectivity index (χ3n) is 7.23. The topological polar surface area (TPSA) is 78.8 Å². The van der Waals surface area contributed by atoms with E-state index in [1.54, 1.807) is 0 Å². The number of para-hydroxylation sites is 1. The number of hydrogen-bond acceptors (Lipinski definition) is 6. The molecular weight excluding hydrogens is 462 g/mol. The molecule has 0 N–H and O–H groups in total. The van der Waals surface area contributed by atoms with Crippen molar-refractivity contribution in [1.29, 1.82) is 0 Å². The molecule has 4 heterocycles. The lowest BCUT2D eigenvalue weighted by Crippen LogP contribution is -2.48. The summed E-state index contributed by atoms with van der Waals surface area (Å²) in [6, 6.07) is 10.4. The molecule has 1 aromatic carbocycles. The average molecular weight is 494 g/mol. The molecule has 8 nitrogen and oxygen atoms in total. The molecule has 184 valence electrons. The molecule has 0 bridgehead atoms. The first-order valence-corrected chi connectivity index (χ1v) is 13.1. The van der Waals surface area contributed by atoms with Crippen molar-refractivity contribution in [3.63, 3.8) is 0 Å². The zero-order valence-corrected chi connectivity index (χ0v) is 21.1. The zero-order chi connectivity index (χ0) is 24.5. The fourth-order valence-corrected chi connectivity index (χ4v) is 6.24. The van der Waals surface area contributed by atoms with Crippen molar-refractivity contribution in [2.45, 2.75) is 45.7 Å². The number of benzene rings is 1. The fraction of sp³-hybridized carbons (Fsp3) is 0.462. The van der Waals surface area contributed by atoms with E-state index in [1.165, 1.54) is 22.2 Å². The van der Waals surface area contributed by atoms with E-state index in [2.05, 4.69) is 28.9 Å². The summed E-state index contributed by atoms with van der Waals surface area (Å²) >= 11 is 1.27. The van der Waals surface area contributed by atoms with Gasteiger partial charge in [-0.05, 0) is 50.8 Å². The number of rotatable bonds is 4. The van der Waals surface area contributed by atoms with Crippen LogP contribution in [0, 0.1) is 6.92 Å². The van der Waals surface area contributed by atoms with Gasteiger partial charge in [0, 0.05) is 44.5 Å². The summed E-state index contributed by atoms with van der Waals surface area (Å²) < 4.78 is 1.39. The Bertz CT molecular complexity index is 1290. The molecule has 0 spiro atoms. The van der Waals surface area contributed by atoms with Crippen LogP contribution in [0.3, 0.4) is 0 Å². The van der Waals surface area contributed by atoms with Crippen molar-refractivity contribution >= 4 is 39.1 Å². The summed E-state index contributed by atoms with van der Waals surface area (Å²) in [6.07, 6.45) is 4.56. The number of piperazine rings is 1. The molecule has 1 unspecified atom stereocenters. The summed E-state index contributed by atoms with van der Waals surface area (Å²) in [4.78, 5) is 51.1. The van der Waals surface area contributed by atoms with Crippen molar-refractivity contribution in [3.8, 4) is 0 Å². The van der Waals surface area contributed by atoms with Gasteiger partial charge in [0.2, 0.25) is 5.91 Å². The molecule has 3 aromatic rings. The Labute approximate surface area is 208 Å². The Morgan fingerprint density at radius 1 is 1.06 bits per heavy atom. The number of anilines is 1. The van der Waals surface area contributed by atoms with E-state index >= 15 is 0 Å². The average Bonchev–Trinajstić information content (AvgIpc) is 3.23. The molecule has 2 aliphatic rings. The lowest BCUT2D eigenvalue weighted by molar-refractivity contribution is -0.135. The van der Waals surface area contributed by atoms with E-state index in [-0.39, 0.29) is 30.0 Å². The van der Waals surface area contributed by atoms with Crippen LogP contribution in [-0.4, -0.2) is 69.9 Å². The van der Waals surface area contributed by atoms with Crippen LogP contribution < -0.4 is 10.5 Å². The molecule has 2 amide bonds. The number of likely N-dealkylation sites (tertiary alicyclic amines) is 1. The third-order valence-corrected chi connectivity index (χ3v) is 8.42. The summed E-state index contributed by atoms with van der Waals surface area (Å²) in [5.74, 6) is -0.108. The van der Waals surface area contributed by atoms with Gasteiger partial charge in [0.15, 0.2) is 0 Å². The number of fused-ring (bicyclic) bond motifs is 1. The highest BCUT2D eigenvalue weighted by atomic mass is 32.1. The molecule has 1 atom stereocenters. The van der Waals surface area contributed by atoms with Gasteiger partial charge in [-0.3, -0.25) is 19.0 Å². The smallest absolute Gasteiger partial charge is 0.264 e. The van der Waals surface area contributed by atoms with Crippen molar-refractivity contribution in [2.24, 2.45) is 0 Å². The molecule has 35 heavy (non-hydrogen) atoms. The van der Waals surface area contributed by atoms with Crippen LogP contribution >= 0.6 is 11.3 Å². The third kappa shape index (κ3) is 4.57. The molecule has 2 aliphatic heterocycles. The number of amides is 2. The van der Waals surface area contributed by atoms with Crippen LogP contribution in [0.15, 0.2) is 41.5 Å². The Kier molecular flexibility index (Phi) is 6.60. The number of carbonyl (C=O) groups excluding carboxylic acids is 2. The highest BCUT2D eigenvalue weighted by Gasteiger charge is 2.28. The van der Waals surface area contributed by atoms with Gasteiger partial charge in [0.25, 0.3) is 11.5 Å².